The maximum absolute atomic E-state index is 12.2. The van der Waals surface area contributed by atoms with Crippen molar-refractivity contribution in [2.45, 2.75) is 59.3 Å². The Morgan fingerprint density at radius 3 is 2.38 bits per heavy atom. The van der Waals surface area contributed by atoms with Crippen molar-refractivity contribution in [1.82, 2.24) is 14.9 Å². The van der Waals surface area contributed by atoms with Crippen molar-refractivity contribution >= 4 is 25.2 Å². The maximum atomic E-state index is 12.2. The number of hydrogen-bond donors (Lipinski definition) is 2. The van der Waals surface area contributed by atoms with Gasteiger partial charge in [-0.3, -0.25) is 4.90 Å². The van der Waals surface area contributed by atoms with Crippen molar-refractivity contribution in [3.63, 3.8) is 0 Å². The summed E-state index contributed by atoms with van der Waals surface area (Å²) in [6, 6.07) is 14.6. The smallest absolute Gasteiger partial charge is 0.408 e. The van der Waals surface area contributed by atoms with Gasteiger partial charge in [-0.1, -0.05) is 71.5 Å². The van der Waals surface area contributed by atoms with Crippen molar-refractivity contribution < 1.29 is 9.90 Å². The Morgan fingerprint density at radius 1 is 1.15 bits per heavy atom. The van der Waals surface area contributed by atoms with E-state index in [1.165, 1.54) is 0 Å². The SMILES string of the molecule is C[C@@H]1CN(C(=O)O)[C@](c2nc3cc(-c4ccc(C#C[Si](C)(C)C)cc4)ccc3[nH]2)(C(C)(C)C)C1. The Labute approximate surface area is 203 Å². The second-order valence-electron chi connectivity index (χ2n) is 11.7. The van der Waals surface area contributed by atoms with Crippen LogP contribution in [0.25, 0.3) is 22.2 Å². The lowest BCUT2D eigenvalue weighted by Gasteiger charge is -2.45. The molecule has 2 aromatic carbocycles. The van der Waals surface area contributed by atoms with Gasteiger partial charge in [0.15, 0.2) is 0 Å². The molecule has 178 valence electrons. The Balaban J connectivity index is 1.73. The number of amides is 1. The monoisotopic (exact) mass is 473 g/mol. The molecule has 0 radical (unpaired) electrons. The van der Waals surface area contributed by atoms with Gasteiger partial charge in [0, 0.05) is 12.1 Å². The number of carbonyl (C=O) groups is 1. The highest BCUT2D eigenvalue weighted by molar-refractivity contribution is 6.83. The predicted octanol–water partition coefficient (Wildman–Crippen LogP) is 6.72. The lowest BCUT2D eigenvalue weighted by Crippen LogP contribution is -2.53. The first-order chi connectivity index (χ1) is 15.8. The van der Waals surface area contributed by atoms with Crippen LogP contribution in [0.15, 0.2) is 42.5 Å². The predicted molar refractivity (Wildman–Crippen MR) is 141 cm³/mol. The van der Waals surface area contributed by atoms with E-state index >= 15 is 0 Å². The summed E-state index contributed by atoms with van der Waals surface area (Å²) >= 11 is 0. The molecular formula is C28H35N3O2Si. The molecule has 6 heteroatoms. The minimum atomic E-state index is -1.41. The first-order valence-corrected chi connectivity index (χ1v) is 15.4. The first-order valence-electron chi connectivity index (χ1n) is 11.9. The molecule has 2 heterocycles. The van der Waals surface area contributed by atoms with E-state index < -0.39 is 19.7 Å². The van der Waals surface area contributed by atoms with Gasteiger partial charge in [0.1, 0.15) is 19.4 Å². The number of hydrogen-bond acceptors (Lipinski definition) is 2. The summed E-state index contributed by atoms with van der Waals surface area (Å²) in [5.74, 6) is 4.30. The summed E-state index contributed by atoms with van der Waals surface area (Å²) in [4.78, 5) is 22.3. The second kappa shape index (κ2) is 8.32. The average molecular weight is 474 g/mol. The van der Waals surface area contributed by atoms with Gasteiger partial charge in [-0.15, -0.1) is 5.54 Å². The summed E-state index contributed by atoms with van der Waals surface area (Å²) < 4.78 is 0. The molecule has 1 aromatic heterocycles. The molecule has 1 saturated heterocycles. The molecule has 1 aliphatic heterocycles. The molecule has 0 saturated carbocycles. The Hall–Kier alpha value is -3.04. The highest BCUT2D eigenvalue weighted by Crippen LogP contribution is 2.52. The fourth-order valence-corrected chi connectivity index (χ4v) is 5.58. The van der Waals surface area contributed by atoms with E-state index in [4.69, 9.17) is 4.98 Å². The van der Waals surface area contributed by atoms with Crippen molar-refractivity contribution in [3.05, 3.63) is 53.9 Å². The van der Waals surface area contributed by atoms with Crippen molar-refractivity contribution in [1.29, 1.82) is 0 Å². The summed E-state index contributed by atoms with van der Waals surface area (Å²) in [7, 11) is -1.41. The number of fused-ring (bicyclic) bond motifs is 1. The van der Waals surface area contributed by atoms with Crippen LogP contribution in [-0.4, -0.2) is 40.7 Å². The zero-order valence-electron chi connectivity index (χ0n) is 21.3. The molecule has 0 bridgehead atoms. The number of aromatic nitrogens is 2. The molecule has 2 N–H and O–H groups in total. The van der Waals surface area contributed by atoms with E-state index in [-0.39, 0.29) is 11.3 Å². The third kappa shape index (κ3) is 4.37. The zero-order chi connectivity index (χ0) is 24.9. The van der Waals surface area contributed by atoms with Crippen LogP contribution in [0.2, 0.25) is 19.6 Å². The molecular weight excluding hydrogens is 438 g/mol. The fraction of sp³-hybridized carbons (Fsp3) is 0.429. The largest absolute Gasteiger partial charge is 0.465 e. The third-order valence-corrected chi connectivity index (χ3v) is 7.62. The van der Waals surface area contributed by atoms with Gasteiger partial charge in [0.05, 0.1) is 11.0 Å². The molecule has 0 aliphatic carbocycles. The van der Waals surface area contributed by atoms with Gasteiger partial charge in [-0.2, -0.15) is 0 Å². The Kier molecular flexibility index (Phi) is 5.89. The zero-order valence-corrected chi connectivity index (χ0v) is 22.3. The molecule has 0 spiro atoms. The number of aromatic amines is 1. The number of carboxylic acid groups (broad SMARTS) is 1. The molecule has 1 fully saturated rings. The summed E-state index contributed by atoms with van der Waals surface area (Å²) in [5.41, 5.74) is 7.38. The maximum Gasteiger partial charge on any atom is 0.408 e. The van der Waals surface area contributed by atoms with Crippen LogP contribution in [-0.2, 0) is 5.54 Å². The molecule has 1 aliphatic rings. The van der Waals surface area contributed by atoms with E-state index in [0.717, 1.165) is 40.0 Å². The van der Waals surface area contributed by atoms with Crippen LogP contribution in [0.3, 0.4) is 0 Å². The number of H-pyrrole nitrogens is 1. The van der Waals surface area contributed by atoms with Gasteiger partial charge in [0.25, 0.3) is 0 Å². The molecule has 5 nitrogen and oxygen atoms in total. The molecule has 2 atom stereocenters. The van der Waals surface area contributed by atoms with Crippen LogP contribution in [0.5, 0.6) is 0 Å². The van der Waals surface area contributed by atoms with E-state index in [2.05, 4.69) is 100 Å². The van der Waals surface area contributed by atoms with Crippen LogP contribution in [0, 0.1) is 22.8 Å². The number of rotatable bonds is 2. The van der Waals surface area contributed by atoms with Crippen LogP contribution in [0.4, 0.5) is 4.79 Å². The number of benzene rings is 2. The summed E-state index contributed by atoms with van der Waals surface area (Å²) in [6.45, 7) is 15.7. The number of imidazole rings is 1. The Morgan fingerprint density at radius 2 is 1.79 bits per heavy atom. The van der Waals surface area contributed by atoms with Crippen LogP contribution in [0.1, 0.15) is 45.5 Å². The van der Waals surface area contributed by atoms with Crippen molar-refractivity contribution in [3.8, 4) is 22.6 Å². The number of nitrogens with zero attached hydrogens (tertiary/aromatic N) is 2. The third-order valence-electron chi connectivity index (χ3n) is 6.75. The Bertz CT molecular complexity index is 1290. The van der Waals surface area contributed by atoms with Crippen molar-refractivity contribution in [2.75, 3.05) is 6.54 Å². The number of nitrogens with one attached hydrogen (secondary N) is 1. The standard InChI is InChI=1S/C28H35N3O2Si/c1-19-17-28(27(2,3)4,31(18-19)26(32)33)25-29-23-13-12-22(16-24(23)30-25)21-10-8-20(9-11-21)14-15-34(5,6)7/h8-13,16,19H,17-18H2,1-7H3,(H,29,30)(H,32,33)/t19-,28+/m0/s1. The fourth-order valence-electron chi connectivity index (χ4n) is 5.07. The van der Waals surface area contributed by atoms with E-state index in [9.17, 15) is 9.90 Å². The lowest BCUT2D eigenvalue weighted by atomic mass is 9.70. The molecule has 4 rings (SSSR count). The van der Waals surface area contributed by atoms with Gasteiger partial charge < -0.3 is 10.1 Å². The van der Waals surface area contributed by atoms with Crippen molar-refractivity contribution in [2.24, 2.45) is 11.3 Å². The van der Waals surface area contributed by atoms with E-state index in [0.29, 0.717) is 6.54 Å². The average Bonchev–Trinajstić information content (AvgIpc) is 3.33. The topological polar surface area (TPSA) is 69.2 Å². The van der Waals surface area contributed by atoms with Crippen LogP contribution >= 0.6 is 0 Å². The normalized spacial score (nSPS) is 20.9. The lowest BCUT2D eigenvalue weighted by molar-refractivity contribution is 0.0217. The first kappa shape index (κ1) is 24.1. The quantitative estimate of drug-likeness (QED) is 0.321. The highest BCUT2D eigenvalue weighted by Gasteiger charge is 2.57. The molecule has 1 amide bonds. The molecule has 3 aromatic rings. The minimum Gasteiger partial charge on any atom is -0.465 e. The summed E-state index contributed by atoms with van der Waals surface area (Å²) in [6.07, 6.45) is -0.146. The highest BCUT2D eigenvalue weighted by atomic mass is 28.3. The van der Waals surface area contributed by atoms with E-state index in [1.807, 2.05) is 6.07 Å². The second-order valence-corrected chi connectivity index (χ2v) is 16.5. The van der Waals surface area contributed by atoms with Gasteiger partial charge in [0.2, 0.25) is 0 Å². The van der Waals surface area contributed by atoms with Gasteiger partial charge in [-0.25, -0.2) is 9.78 Å². The summed E-state index contributed by atoms with van der Waals surface area (Å²) in [5, 5.41) is 10.0. The van der Waals surface area contributed by atoms with Gasteiger partial charge in [-0.05, 0) is 53.1 Å². The number of likely N-dealkylation sites (tertiary alicyclic amines) is 1. The molecule has 34 heavy (non-hydrogen) atoms. The van der Waals surface area contributed by atoms with E-state index in [1.54, 1.807) is 4.90 Å². The van der Waals surface area contributed by atoms with Gasteiger partial charge >= 0.3 is 6.09 Å². The van der Waals surface area contributed by atoms with Crippen LogP contribution < -0.4 is 0 Å². The molecule has 0 unspecified atom stereocenters. The minimum absolute atomic E-state index is 0.265.